The van der Waals surface area contributed by atoms with Gasteiger partial charge in [0.25, 0.3) is 0 Å². The minimum atomic E-state index is -0.520. The molecule has 3 heteroatoms. The molecule has 0 amide bonds. The molecule has 1 atom stereocenters. The van der Waals surface area contributed by atoms with E-state index in [9.17, 15) is 5.11 Å². The Morgan fingerprint density at radius 2 is 2.19 bits per heavy atom. The Hall–Kier alpha value is -1.66. The summed E-state index contributed by atoms with van der Waals surface area (Å²) in [4.78, 5) is 0. The van der Waals surface area contributed by atoms with E-state index in [-0.39, 0.29) is 0 Å². The zero-order valence-electron chi connectivity index (χ0n) is 9.56. The Balaban J connectivity index is 2.81. The van der Waals surface area contributed by atoms with Gasteiger partial charge in [-0.25, -0.2) is 0 Å². The van der Waals surface area contributed by atoms with Crippen LogP contribution in [0, 0.1) is 12.3 Å². The van der Waals surface area contributed by atoms with Gasteiger partial charge in [-0.15, -0.1) is 12.3 Å². The molecule has 1 aromatic rings. The summed E-state index contributed by atoms with van der Waals surface area (Å²) in [5.74, 6) is 3.75. The quantitative estimate of drug-likeness (QED) is 0.610. The van der Waals surface area contributed by atoms with Gasteiger partial charge in [-0.2, -0.15) is 0 Å². The molecule has 0 heterocycles. The smallest absolute Gasteiger partial charge is 0.161 e. The first-order valence-corrected chi connectivity index (χ1v) is 5.11. The zero-order chi connectivity index (χ0) is 12.0. The summed E-state index contributed by atoms with van der Waals surface area (Å²) < 4.78 is 10.6. The molecule has 1 rings (SSSR count). The van der Waals surface area contributed by atoms with Crippen LogP contribution in [0.2, 0.25) is 0 Å². The van der Waals surface area contributed by atoms with E-state index in [4.69, 9.17) is 15.9 Å². The maximum atomic E-state index is 9.43. The first-order chi connectivity index (χ1) is 7.69. The topological polar surface area (TPSA) is 38.7 Å². The van der Waals surface area contributed by atoms with Crippen LogP contribution in [-0.4, -0.2) is 18.8 Å². The van der Waals surface area contributed by atoms with Gasteiger partial charge in [0, 0.05) is 6.42 Å². The fraction of sp³-hybridized carbons (Fsp3) is 0.385. The maximum Gasteiger partial charge on any atom is 0.161 e. The van der Waals surface area contributed by atoms with Crippen LogP contribution < -0.4 is 9.47 Å². The Kier molecular flexibility index (Phi) is 4.68. The van der Waals surface area contributed by atoms with Crippen LogP contribution in [0.4, 0.5) is 0 Å². The second kappa shape index (κ2) is 6.04. The van der Waals surface area contributed by atoms with Crippen LogP contribution >= 0.6 is 0 Å². The molecule has 0 saturated heterocycles. The lowest BCUT2D eigenvalue weighted by atomic mass is 10.1. The van der Waals surface area contributed by atoms with Gasteiger partial charge in [0.1, 0.15) is 0 Å². The summed E-state index contributed by atoms with van der Waals surface area (Å²) in [5, 5.41) is 9.43. The summed E-state index contributed by atoms with van der Waals surface area (Å²) >= 11 is 0. The minimum absolute atomic E-state index is 0.459. The highest BCUT2D eigenvalue weighted by molar-refractivity contribution is 5.43. The van der Waals surface area contributed by atoms with Crippen LogP contribution in [-0.2, 0) is 0 Å². The molecule has 1 aromatic carbocycles. The second-order valence-electron chi connectivity index (χ2n) is 3.39. The molecule has 1 N–H and O–H groups in total. The fourth-order valence-corrected chi connectivity index (χ4v) is 1.28. The van der Waals surface area contributed by atoms with E-state index in [1.54, 1.807) is 32.2 Å². The number of ether oxygens (including phenoxy) is 2. The summed E-state index contributed by atoms with van der Waals surface area (Å²) in [6.07, 6.45) is 5.17. The molecule has 16 heavy (non-hydrogen) atoms. The van der Waals surface area contributed by atoms with Gasteiger partial charge in [-0.3, -0.25) is 0 Å². The minimum Gasteiger partial charge on any atom is -0.493 e. The van der Waals surface area contributed by atoms with Crippen molar-refractivity contribution >= 4 is 0 Å². The first kappa shape index (κ1) is 12.4. The van der Waals surface area contributed by atoms with E-state index in [0.29, 0.717) is 24.5 Å². The van der Waals surface area contributed by atoms with Crippen molar-refractivity contribution in [2.24, 2.45) is 0 Å². The lowest BCUT2D eigenvalue weighted by Gasteiger charge is -2.12. The molecule has 0 fully saturated rings. The number of hydrogen-bond acceptors (Lipinski definition) is 3. The summed E-state index contributed by atoms with van der Waals surface area (Å²) in [7, 11) is 1.56. The number of rotatable bonds is 5. The number of hydrogen-bond donors (Lipinski definition) is 1. The molecule has 0 aliphatic carbocycles. The third kappa shape index (κ3) is 3.18. The number of aliphatic hydroxyl groups is 1. The van der Waals surface area contributed by atoms with Gasteiger partial charge in [0.15, 0.2) is 11.5 Å². The van der Waals surface area contributed by atoms with E-state index in [1.165, 1.54) is 0 Å². The predicted octanol–water partition coefficient (Wildman–Crippen LogP) is 2.15. The van der Waals surface area contributed by atoms with E-state index in [0.717, 1.165) is 5.56 Å². The van der Waals surface area contributed by atoms with Crippen LogP contribution in [0.15, 0.2) is 18.2 Å². The van der Waals surface area contributed by atoms with E-state index in [1.807, 2.05) is 0 Å². The molecule has 0 aliphatic heterocycles. The molecule has 0 aliphatic rings. The Labute approximate surface area is 96.0 Å². The predicted molar refractivity (Wildman–Crippen MR) is 62.6 cm³/mol. The third-order valence-electron chi connectivity index (χ3n) is 2.17. The first-order valence-electron chi connectivity index (χ1n) is 5.11. The van der Waals surface area contributed by atoms with E-state index in [2.05, 4.69) is 5.92 Å². The lowest BCUT2D eigenvalue weighted by molar-refractivity contribution is 0.198. The monoisotopic (exact) mass is 220 g/mol. The van der Waals surface area contributed by atoms with E-state index < -0.39 is 6.10 Å². The standard InChI is InChI=1S/C13H16O3/c1-4-5-8-16-12-7-6-11(10(2)14)9-13(12)15-3/h1,6-7,9-10,14H,5,8H2,2-3H3/t10-/m1/s1. The zero-order valence-corrected chi connectivity index (χ0v) is 9.56. The number of methoxy groups -OCH3 is 1. The van der Waals surface area contributed by atoms with Gasteiger partial charge in [0.2, 0.25) is 0 Å². The van der Waals surface area contributed by atoms with Crippen molar-refractivity contribution in [1.82, 2.24) is 0 Å². The normalized spacial score (nSPS) is 11.6. The number of benzene rings is 1. The average Bonchev–Trinajstić information content (AvgIpc) is 2.29. The van der Waals surface area contributed by atoms with Crippen molar-refractivity contribution in [3.8, 4) is 23.8 Å². The van der Waals surface area contributed by atoms with Crippen molar-refractivity contribution in [2.45, 2.75) is 19.4 Å². The van der Waals surface area contributed by atoms with Crippen LogP contribution in [0.5, 0.6) is 11.5 Å². The molecule has 0 saturated carbocycles. The molecule has 0 aromatic heterocycles. The fourth-order valence-electron chi connectivity index (χ4n) is 1.28. The highest BCUT2D eigenvalue weighted by atomic mass is 16.5. The Morgan fingerprint density at radius 1 is 1.44 bits per heavy atom. The highest BCUT2D eigenvalue weighted by Gasteiger charge is 2.08. The summed E-state index contributed by atoms with van der Waals surface area (Å²) in [5.41, 5.74) is 0.793. The maximum absolute atomic E-state index is 9.43. The van der Waals surface area contributed by atoms with Gasteiger partial charge < -0.3 is 14.6 Å². The Morgan fingerprint density at radius 3 is 2.75 bits per heavy atom. The molecule has 86 valence electrons. The van der Waals surface area contributed by atoms with Crippen molar-refractivity contribution in [3.63, 3.8) is 0 Å². The van der Waals surface area contributed by atoms with Crippen molar-refractivity contribution in [1.29, 1.82) is 0 Å². The Bertz CT molecular complexity index is 377. The van der Waals surface area contributed by atoms with Crippen LogP contribution in [0.25, 0.3) is 0 Å². The average molecular weight is 220 g/mol. The molecule has 0 spiro atoms. The van der Waals surface area contributed by atoms with Gasteiger partial charge in [-0.1, -0.05) is 6.07 Å². The number of aliphatic hydroxyl groups excluding tert-OH is 1. The van der Waals surface area contributed by atoms with Gasteiger partial charge >= 0.3 is 0 Å². The summed E-state index contributed by atoms with van der Waals surface area (Å²) in [6.45, 7) is 2.16. The van der Waals surface area contributed by atoms with Crippen molar-refractivity contribution < 1.29 is 14.6 Å². The van der Waals surface area contributed by atoms with Gasteiger partial charge in [-0.05, 0) is 24.6 Å². The molecular formula is C13H16O3. The SMILES string of the molecule is C#CCCOc1ccc([C@@H](C)O)cc1OC. The second-order valence-corrected chi connectivity index (χ2v) is 3.39. The van der Waals surface area contributed by atoms with Crippen molar-refractivity contribution in [3.05, 3.63) is 23.8 Å². The lowest BCUT2D eigenvalue weighted by Crippen LogP contribution is -2.00. The van der Waals surface area contributed by atoms with Gasteiger partial charge in [0.05, 0.1) is 19.8 Å². The molecule has 3 nitrogen and oxygen atoms in total. The summed E-state index contributed by atoms with van der Waals surface area (Å²) in [6, 6.07) is 5.34. The molecule has 0 unspecified atom stereocenters. The van der Waals surface area contributed by atoms with E-state index >= 15 is 0 Å². The van der Waals surface area contributed by atoms with Crippen LogP contribution in [0.3, 0.4) is 0 Å². The van der Waals surface area contributed by atoms with Crippen LogP contribution in [0.1, 0.15) is 25.0 Å². The van der Waals surface area contributed by atoms with Crippen molar-refractivity contribution in [2.75, 3.05) is 13.7 Å². The molecule has 0 radical (unpaired) electrons. The third-order valence-corrected chi connectivity index (χ3v) is 2.17. The number of terminal acetylenes is 1. The highest BCUT2D eigenvalue weighted by Crippen LogP contribution is 2.30. The molecule has 0 bridgehead atoms. The largest absolute Gasteiger partial charge is 0.493 e. The molecular weight excluding hydrogens is 204 g/mol.